The van der Waals surface area contributed by atoms with Crippen molar-refractivity contribution in [2.24, 2.45) is 23.3 Å². The van der Waals surface area contributed by atoms with Crippen molar-refractivity contribution >= 4 is 75.6 Å². The van der Waals surface area contributed by atoms with Crippen molar-refractivity contribution < 1.29 is 43.0 Å². The first-order valence-electron chi connectivity index (χ1n) is 25.1. The number of nitrogens with two attached hydrogens (primary N) is 2. The van der Waals surface area contributed by atoms with Gasteiger partial charge in [0.1, 0.15) is 40.3 Å². The van der Waals surface area contributed by atoms with Crippen molar-refractivity contribution in [2.45, 2.75) is 107 Å². The molecule has 76 heavy (non-hydrogen) atoms. The van der Waals surface area contributed by atoms with Crippen LogP contribution in [0.5, 0.6) is 5.75 Å². The number of aryl methyl sites for hydroxylation is 4. The number of fused-ring (bicyclic) bond motifs is 3. The molecule has 2 aliphatic heterocycles. The summed E-state index contributed by atoms with van der Waals surface area (Å²) in [5.41, 5.74) is 13.2. The molecule has 2 unspecified atom stereocenters. The molecular weight excluding hydrogens is 981 g/mol. The number of carbonyl (C=O) groups excluding carboxylic acids is 6. The van der Waals surface area contributed by atoms with Crippen molar-refractivity contribution in [3.05, 3.63) is 76.5 Å². The normalized spacial score (nSPS) is 15.9. The molecule has 2 aliphatic rings. The van der Waals surface area contributed by atoms with Gasteiger partial charge in [-0.2, -0.15) is 10.2 Å². The maximum Gasteiger partial charge on any atom is 0.412 e. The Morgan fingerprint density at radius 1 is 0.724 bits per heavy atom. The second-order valence-electron chi connectivity index (χ2n) is 20.9. The molecule has 0 aliphatic carbocycles. The van der Waals surface area contributed by atoms with Gasteiger partial charge < -0.3 is 35.1 Å². The molecule has 25 heteroatoms. The van der Waals surface area contributed by atoms with E-state index in [0.717, 1.165) is 13.1 Å². The van der Waals surface area contributed by atoms with Gasteiger partial charge in [0.25, 0.3) is 11.8 Å². The Morgan fingerprint density at radius 3 is 1.96 bits per heavy atom. The number of ether oxygens (including phenoxy) is 3. The number of allylic oxidation sites excluding steroid dienone is 2. The standard InChI is InChI=1S/C51H66N16O9/c1-11-66-36(19-28(3)60-66)44(70)58-47-56-35-21-31(42(53)69)23-54-43(35)65(47)16-14-13-15-64-39-34(55-46(64)59-45(71)40-38(29(4)61-67(40)12-2)57-48(72)75-50(5,6)7)20-30(41(52)68)22-37(39)74-18-17-62-24-32-26-63(27-33(32)25-62)49(73)76-51(8,9)10/h13-14,19-23,32-33H,11-12,15-18,24-27H2,1-10H3,(H2,52,68)(H2,53,69)(H,57,72)(H,55,59,71)(H,56,58,70)/b14-13+. The number of likely N-dealkylation sites (tertiary alicyclic amines) is 2. The van der Waals surface area contributed by atoms with E-state index in [1.165, 1.54) is 23.0 Å². The maximum atomic E-state index is 14.6. The van der Waals surface area contributed by atoms with E-state index in [1.807, 2.05) is 27.7 Å². The average molecular weight is 1050 g/mol. The molecule has 2 atom stereocenters. The molecular formula is C51H66N16O9. The predicted octanol–water partition coefficient (Wildman–Crippen LogP) is 5.31. The third-order valence-corrected chi connectivity index (χ3v) is 12.7. The number of imidazole rings is 2. The summed E-state index contributed by atoms with van der Waals surface area (Å²) in [5, 5.41) is 17.4. The number of benzene rings is 1. The third-order valence-electron chi connectivity index (χ3n) is 12.7. The van der Waals surface area contributed by atoms with Crippen molar-refractivity contribution in [1.29, 1.82) is 0 Å². The van der Waals surface area contributed by atoms with Gasteiger partial charge in [0, 0.05) is 70.7 Å². The number of hydrogen-bond donors (Lipinski definition) is 5. The molecule has 404 valence electrons. The zero-order valence-electron chi connectivity index (χ0n) is 44.5. The molecule has 6 amide bonds. The van der Waals surface area contributed by atoms with Crippen LogP contribution in [0.25, 0.3) is 22.2 Å². The maximum absolute atomic E-state index is 14.6. The highest BCUT2D eigenvalue weighted by molar-refractivity contribution is 6.09. The number of carbonyl (C=O) groups is 6. The van der Waals surface area contributed by atoms with E-state index in [-0.39, 0.29) is 89.8 Å². The summed E-state index contributed by atoms with van der Waals surface area (Å²) in [6.45, 7) is 22.2. The van der Waals surface area contributed by atoms with Crippen LogP contribution in [0.3, 0.4) is 0 Å². The predicted molar refractivity (Wildman–Crippen MR) is 281 cm³/mol. The van der Waals surface area contributed by atoms with E-state index >= 15 is 0 Å². The highest BCUT2D eigenvalue weighted by Crippen LogP contribution is 2.34. The van der Waals surface area contributed by atoms with Crippen LogP contribution in [-0.4, -0.2) is 140 Å². The van der Waals surface area contributed by atoms with Crippen LogP contribution in [0.1, 0.15) is 108 Å². The van der Waals surface area contributed by atoms with Crippen LogP contribution < -0.4 is 32.2 Å². The number of aromatic nitrogens is 9. The quantitative estimate of drug-likeness (QED) is 0.0723. The van der Waals surface area contributed by atoms with E-state index in [9.17, 15) is 28.8 Å². The molecule has 6 aromatic rings. The Morgan fingerprint density at radius 2 is 1.33 bits per heavy atom. The summed E-state index contributed by atoms with van der Waals surface area (Å²) in [6, 6.07) is 6.21. The van der Waals surface area contributed by atoms with Gasteiger partial charge in [-0.25, -0.2) is 24.5 Å². The zero-order chi connectivity index (χ0) is 55.0. The molecule has 7 heterocycles. The Balaban J connectivity index is 1.12. The van der Waals surface area contributed by atoms with Crippen LogP contribution in [0.2, 0.25) is 0 Å². The van der Waals surface area contributed by atoms with Crippen LogP contribution in [0, 0.1) is 25.7 Å². The minimum Gasteiger partial charge on any atom is -0.490 e. The second-order valence-corrected chi connectivity index (χ2v) is 20.9. The van der Waals surface area contributed by atoms with Crippen molar-refractivity contribution in [2.75, 3.05) is 55.3 Å². The molecule has 0 bridgehead atoms. The fourth-order valence-electron chi connectivity index (χ4n) is 9.45. The van der Waals surface area contributed by atoms with Crippen LogP contribution in [-0.2, 0) is 35.7 Å². The number of pyridine rings is 1. The lowest BCUT2D eigenvalue weighted by molar-refractivity contribution is 0.0273. The first kappa shape index (κ1) is 53.9. The molecule has 0 radical (unpaired) electrons. The van der Waals surface area contributed by atoms with E-state index in [0.29, 0.717) is 59.9 Å². The molecule has 5 aromatic heterocycles. The lowest BCUT2D eigenvalue weighted by Gasteiger charge is -2.26. The molecule has 25 nitrogen and oxygen atoms in total. The highest BCUT2D eigenvalue weighted by Gasteiger charge is 2.42. The summed E-state index contributed by atoms with van der Waals surface area (Å²) in [5.74, 6) is -1.55. The topological polar surface area (TPSA) is 309 Å². The van der Waals surface area contributed by atoms with Gasteiger partial charge in [-0.1, -0.05) is 12.2 Å². The Kier molecular flexibility index (Phi) is 15.2. The van der Waals surface area contributed by atoms with Crippen molar-refractivity contribution in [1.82, 2.24) is 53.4 Å². The third kappa shape index (κ3) is 11.9. The van der Waals surface area contributed by atoms with Gasteiger partial charge in [-0.05, 0) is 105 Å². The van der Waals surface area contributed by atoms with Crippen molar-refractivity contribution in [3.63, 3.8) is 0 Å². The lowest BCUT2D eigenvalue weighted by Crippen LogP contribution is -2.38. The second kappa shape index (κ2) is 21.5. The minimum absolute atomic E-state index is 0.0320. The summed E-state index contributed by atoms with van der Waals surface area (Å²) < 4.78 is 24.1. The van der Waals surface area contributed by atoms with E-state index in [4.69, 9.17) is 30.7 Å². The zero-order valence-corrected chi connectivity index (χ0v) is 44.5. The van der Waals surface area contributed by atoms with Crippen LogP contribution in [0.4, 0.5) is 27.2 Å². The van der Waals surface area contributed by atoms with Gasteiger partial charge in [-0.15, -0.1) is 0 Å². The Labute approximate surface area is 438 Å². The molecule has 1 aromatic carbocycles. The van der Waals surface area contributed by atoms with Crippen molar-refractivity contribution in [3.8, 4) is 5.75 Å². The van der Waals surface area contributed by atoms with Crippen LogP contribution >= 0.6 is 0 Å². The van der Waals surface area contributed by atoms with Gasteiger partial charge in [0.2, 0.25) is 23.7 Å². The fraction of sp³-hybridized carbons (Fsp3) is 0.471. The van der Waals surface area contributed by atoms with Gasteiger partial charge in [0.05, 0.1) is 28.2 Å². The summed E-state index contributed by atoms with van der Waals surface area (Å²) in [7, 11) is 0. The highest BCUT2D eigenvalue weighted by atomic mass is 16.6. The molecule has 0 spiro atoms. The molecule has 2 saturated heterocycles. The van der Waals surface area contributed by atoms with E-state index in [1.54, 1.807) is 84.5 Å². The average Bonchev–Trinajstić information content (AvgIpc) is 4.20. The van der Waals surface area contributed by atoms with Gasteiger partial charge in [0.15, 0.2) is 11.3 Å². The number of rotatable bonds is 17. The smallest absolute Gasteiger partial charge is 0.412 e. The molecule has 0 saturated carbocycles. The molecule has 7 N–H and O–H groups in total. The Bertz CT molecular complexity index is 3260. The van der Waals surface area contributed by atoms with E-state index < -0.39 is 40.9 Å². The number of amides is 6. The van der Waals surface area contributed by atoms with E-state index in [2.05, 4.69) is 41.0 Å². The first-order valence-corrected chi connectivity index (χ1v) is 25.1. The fourth-order valence-corrected chi connectivity index (χ4v) is 9.45. The molecule has 8 rings (SSSR count). The SMILES string of the molecule is CCn1nc(C)cc1C(=O)Nc1nc2cc(C(N)=O)cnc2n1C/C=C/Cn1c(NC(=O)c2c(NC(=O)OC(C)(C)C)c(C)nn2CC)nc2cc(C(N)=O)cc(OCCN3CC4CN(C(=O)OC(C)(C)C)CC4C3)c21. The minimum atomic E-state index is -0.828. The van der Waals surface area contributed by atoms with Gasteiger partial charge >= 0.3 is 12.2 Å². The first-order chi connectivity index (χ1) is 35.9. The molecule has 2 fully saturated rings. The van der Waals surface area contributed by atoms with Gasteiger partial charge in [-0.3, -0.25) is 54.0 Å². The monoisotopic (exact) mass is 1050 g/mol. The number of primary amides is 2. The summed E-state index contributed by atoms with van der Waals surface area (Å²) in [4.78, 5) is 97.2. The largest absolute Gasteiger partial charge is 0.490 e. The number of nitrogens with zero attached hydrogens (tertiary/aromatic N) is 11. The number of anilines is 3. The number of hydrogen-bond acceptors (Lipinski definition) is 15. The Hall–Kier alpha value is -8.35. The number of nitrogens with one attached hydrogen (secondary N) is 3. The summed E-state index contributed by atoms with van der Waals surface area (Å²) in [6.07, 6.45) is 3.83. The van der Waals surface area contributed by atoms with Crippen LogP contribution in [0.15, 0.2) is 42.6 Å². The summed E-state index contributed by atoms with van der Waals surface area (Å²) >= 11 is 0. The lowest BCUT2D eigenvalue weighted by atomic mass is 10.0.